The lowest BCUT2D eigenvalue weighted by Crippen LogP contribution is -2.32. The van der Waals surface area contributed by atoms with Crippen molar-refractivity contribution in [2.45, 2.75) is 6.18 Å². The van der Waals surface area contributed by atoms with Crippen molar-refractivity contribution in [1.29, 1.82) is 0 Å². The molecule has 0 aromatic heterocycles. The molecule has 28 heavy (non-hydrogen) atoms. The molecule has 0 bridgehead atoms. The molecule has 1 aliphatic heterocycles. The molecule has 1 heterocycles. The minimum atomic E-state index is -4.70. The molecular weight excluding hydrogens is 403 g/mol. The van der Waals surface area contributed by atoms with E-state index in [4.69, 9.17) is 21.1 Å². The number of nitrogens with one attached hydrogen (secondary N) is 2. The van der Waals surface area contributed by atoms with Gasteiger partial charge in [0.2, 0.25) is 6.79 Å². The van der Waals surface area contributed by atoms with Gasteiger partial charge in [0, 0.05) is 5.69 Å². The van der Waals surface area contributed by atoms with Crippen LogP contribution in [-0.2, 0) is 15.8 Å². The van der Waals surface area contributed by atoms with E-state index >= 15 is 0 Å². The van der Waals surface area contributed by atoms with Crippen molar-refractivity contribution in [1.82, 2.24) is 5.43 Å². The van der Waals surface area contributed by atoms with Crippen LogP contribution in [0.3, 0.4) is 0 Å². The van der Waals surface area contributed by atoms with Crippen molar-refractivity contribution in [2.75, 3.05) is 12.1 Å². The zero-order valence-electron chi connectivity index (χ0n) is 13.8. The van der Waals surface area contributed by atoms with E-state index in [0.29, 0.717) is 23.1 Å². The maximum absolute atomic E-state index is 12.8. The van der Waals surface area contributed by atoms with E-state index < -0.39 is 28.6 Å². The maximum Gasteiger partial charge on any atom is 0.417 e. The third-order valence-corrected chi connectivity index (χ3v) is 3.84. The minimum absolute atomic E-state index is 0.105. The predicted molar refractivity (Wildman–Crippen MR) is 93.4 cm³/mol. The average molecular weight is 414 g/mol. The molecule has 7 nitrogen and oxygen atoms in total. The Balaban J connectivity index is 1.60. The van der Waals surface area contributed by atoms with E-state index in [1.54, 1.807) is 18.2 Å². The van der Waals surface area contributed by atoms with Crippen LogP contribution in [0.5, 0.6) is 11.5 Å². The fourth-order valence-electron chi connectivity index (χ4n) is 2.22. The Kier molecular flexibility index (Phi) is 5.41. The summed E-state index contributed by atoms with van der Waals surface area (Å²) in [6, 6.07) is 7.65. The predicted octanol–water partition coefficient (Wildman–Crippen LogP) is 3.18. The number of carbonyl (C=O) groups is 2. The molecule has 0 fully saturated rings. The molecule has 1 aliphatic rings. The third kappa shape index (κ3) is 4.52. The second kappa shape index (κ2) is 7.77. The molecule has 0 atom stereocenters. The summed E-state index contributed by atoms with van der Waals surface area (Å²) >= 11 is 5.49. The fourth-order valence-corrected chi connectivity index (χ4v) is 2.44. The lowest BCUT2D eigenvalue weighted by atomic mass is 10.2. The summed E-state index contributed by atoms with van der Waals surface area (Å²) in [7, 11) is 0. The van der Waals surface area contributed by atoms with Gasteiger partial charge in [0.05, 0.1) is 16.8 Å². The van der Waals surface area contributed by atoms with Crippen molar-refractivity contribution >= 4 is 35.3 Å². The van der Waals surface area contributed by atoms with Crippen LogP contribution in [0.1, 0.15) is 11.1 Å². The third-order valence-electron chi connectivity index (χ3n) is 3.51. The minimum Gasteiger partial charge on any atom is -0.454 e. The van der Waals surface area contributed by atoms with Crippen LogP contribution in [-0.4, -0.2) is 24.8 Å². The largest absolute Gasteiger partial charge is 0.454 e. The average Bonchev–Trinajstić information content (AvgIpc) is 3.10. The number of hydrazone groups is 1. The summed E-state index contributed by atoms with van der Waals surface area (Å²) in [5.41, 5.74) is 1.17. The van der Waals surface area contributed by atoms with Crippen LogP contribution in [0, 0.1) is 0 Å². The molecule has 0 saturated carbocycles. The van der Waals surface area contributed by atoms with Gasteiger partial charge in [-0.1, -0.05) is 11.6 Å². The monoisotopic (exact) mass is 413 g/mol. The van der Waals surface area contributed by atoms with E-state index in [1.165, 1.54) is 6.21 Å². The first-order chi connectivity index (χ1) is 13.2. The number of fused-ring (bicyclic) bond motifs is 1. The summed E-state index contributed by atoms with van der Waals surface area (Å²) in [6.45, 7) is 0.105. The first-order valence-electron chi connectivity index (χ1n) is 7.65. The van der Waals surface area contributed by atoms with E-state index in [9.17, 15) is 22.8 Å². The zero-order valence-corrected chi connectivity index (χ0v) is 14.6. The van der Waals surface area contributed by atoms with Gasteiger partial charge in [-0.25, -0.2) is 5.43 Å². The van der Waals surface area contributed by atoms with Gasteiger partial charge in [0.25, 0.3) is 0 Å². The second-order valence-corrected chi connectivity index (χ2v) is 5.87. The number of hydrogen-bond acceptors (Lipinski definition) is 5. The van der Waals surface area contributed by atoms with Crippen LogP contribution >= 0.6 is 11.6 Å². The van der Waals surface area contributed by atoms with Crippen LogP contribution in [0.25, 0.3) is 0 Å². The van der Waals surface area contributed by atoms with Gasteiger partial charge in [-0.2, -0.15) is 18.3 Å². The van der Waals surface area contributed by atoms with Crippen molar-refractivity contribution in [3.8, 4) is 11.5 Å². The lowest BCUT2D eigenvalue weighted by molar-refractivity contribution is -0.137. The summed E-state index contributed by atoms with van der Waals surface area (Å²) in [6.07, 6.45) is -3.44. The number of alkyl halides is 3. The molecule has 0 saturated heterocycles. The highest BCUT2D eigenvalue weighted by Gasteiger charge is 2.33. The van der Waals surface area contributed by atoms with Gasteiger partial charge in [0.15, 0.2) is 11.5 Å². The summed E-state index contributed by atoms with van der Waals surface area (Å²) in [4.78, 5) is 23.5. The quantitative estimate of drug-likeness (QED) is 0.459. The molecule has 0 aliphatic carbocycles. The van der Waals surface area contributed by atoms with Crippen molar-refractivity contribution in [2.24, 2.45) is 5.10 Å². The normalized spacial score (nSPS) is 12.9. The lowest BCUT2D eigenvalue weighted by Gasteiger charge is -2.11. The molecule has 11 heteroatoms. The number of hydrogen-bond donors (Lipinski definition) is 2. The number of amides is 2. The molecule has 3 rings (SSSR count). The smallest absolute Gasteiger partial charge is 0.417 e. The highest BCUT2D eigenvalue weighted by Crippen LogP contribution is 2.36. The van der Waals surface area contributed by atoms with Crippen molar-refractivity contribution in [3.05, 3.63) is 52.5 Å². The van der Waals surface area contributed by atoms with Crippen LogP contribution in [0.15, 0.2) is 41.5 Å². The van der Waals surface area contributed by atoms with E-state index in [2.05, 4.69) is 5.10 Å². The first kappa shape index (κ1) is 19.5. The van der Waals surface area contributed by atoms with Gasteiger partial charge in [0.1, 0.15) is 0 Å². The summed E-state index contributed by atoms with van der Waals surface area (Å²) in [5, 5.41) is 5.14. The van der Waals surface area contributed by atoms with Crippen molar-refractivity contribution in [3.63, 3.8) is 0 Å². The molecule has 2 aromatic carbocycles. The molecule has 146 valence electrons. The molecule has 0 unspecified atom stereocenters. The Morgan fingerprint density at radius 3 is 2.57 bits per heavy atom. The molecule has 0 radical (unpaired) electrons. The Labute approximate surface area is 161 Å². The number of anilines is 1. The highest BCUT2D eigenvalue weighted by molar-refractivity contribution is 6.39. The van der Waals surface area contributed by atoms with Crippen molar-refractivity contribution < 1.29 is 32.2 Å². The highest BCUT2D eigenvalue weighted by atomic mass is 35.5. The van der Waals surface area contributed by atoms with Gasteiger partial charge in [-0.05, 0) is 42.0 Å². The molecule has 2 amide bonds. The number of halogens is 4. The van der Waals surface area contributed by atoms with E-state index in [-0.39, 0.29) is 12.5 Å². The van der Waals surface area contributed by atoms with E-state index in [1.807, 2.05) is 10.7 Å². The topological polar surface area (TPSA) is 89.0 Å². The molecule has 2 N–H and O–H groups in total. The second-order valence-electron chi connectivity index (χ2n) is 5.46. The van der Waals surface area contributed by atoms with Gasteiger partial charge >= 0.3 is 18.0 Å². The maximum atomic E-state index is 12.8. The number of benzene rings is 2. The summed E-state index contributed by atoms with van der Waals surface area (Å²) < 4.78 is 48.8. The fraction of sp³-hybridized carbons (Fsp3) is 0.118. The molecular formula is C17H11ClF3N3O4. The number of nitrogens with zero attached hydrogens (tertiary/aromatic N) is 1. The zero-order chi connectivity index (χ0) is 20.3. The van der Waals surface area contributed by atoms with Gasteiger partial charge < -0.3 is 14.8 Å². The standard InChI is InChI=1S/C17H11ClF3N3O4/c18-12-3-2-10(6-11(12)17(19,20)21)23-15(25)16(26)24-22-7-9-1-4-13-14(5-9)28-8-27-13/h1-7H,8H2,(H,23,25)(H,24,26)/b22-7-. The Bertz CT molecular complexity index is 963. The Morgan fingerprint density at radius 2 is 1.82 bits per heavy atom. The van der Waals surface area contributed by atoms with Gasteiger partial charge in [-0.15, -0.1) is 0 Å². The van der Waals surface area contributed by atoms with E-state index in [0.717, 1.165) is 12.1 Å². The Hall–Kier alpha value is -3.27. The number of ether oxygens (including phenoxy) is 2. The number of rotatable bonds is 3. The first-order valence-corrected chi connectivity index (χ1v) is 8.02. The molecule has 2 aromatic rings. The SMILES string of the molecule is O=C(N/N=C\c1ccc2c(c1)OCO2)C(=O)Nc1ccc(Cl)c(C(F)(F)F)c1. The van der Waals surface area contributed by atoms with Gasteiger partial charge in [-0.3, -0.25) is 9.59 Å². The molecule has 0 spiro atoms. The van der Waals surface area contributed by atoms with Crippen LogP contribution in [0.2, 0.25) is 5.02 Å². The summed E-state index contributed by atoms with van der Waals surface area (Å²) in [5.74, 6) is -1.28. The van der Waals surface area contributed by atoms with Crippen LogP contribution in [0.4, 0.5) is 18.9 Å². The van der Waals surface area contributed by atoms with Crippen LogP contribution < -0.4 is 20.2 Å². The number of carbonyl (C=O) groups excluding carboxylic acids is 2. The Morgan fingerprint density at radius 1 is 1.07 bits per heavy atom.